The molecular formula is C14H24N4O. The van der Waals surface area contributed by atoms with E-state index in [1.807, 2.05) is 13.0 Å². The monoisotopic (exact) mass is 264 g/mol. The molecule has 1 atom stereocenters. The first-order valence-corrected chi connectivity index (χ1v) is 7.06. The highest BCUT2D eigenvalue weighted by molar-refractivity contribution is 5.38. The van der Waals surface area contributed by atoms with E-state index in [2.05, 4.69) is 27.1 Å². The fourth-order valence-electron chi connectivity index (χ4n) is 2.48. The van der Waals surface area contributed by atoms with Crippen LogP contribution >= 0.6 is 0 Å². The van der Waals surface area contributed by atoms with Gasteiger partial charge in [0.2, 0.25) is 5.88 Å². The number of piperidine rings is 1. The Labute approximate surface area is 115 Å². The van der Waals surface area contributed by atoms with Gasteiger partial charge in [-0.3, -0.25) is 4.90 Å². The van der Waals surface area contributed by atoms with Crippen LogP contribution in [0.1, 0.15) is 32.0 Å². The molecule has 0 bridgehead atoms. The number of aryl methyl sites for hydroxylation is 1. The van der Waals surface area contributed by atoms with Gasteiger partial charge in [0.15, 0.2) is 0 Å². The number of methoxy groups -OCH3 is 1. The van der Waals surface area contributed by atoms with Crippen molar-refractivity contribution in [3.05, 3.63) is 11.9 Å². The molecule has 1 aromatic heterocycles. The standard InChI is InChI=1S/C14H24N4O/c1-11(18-7-5-4-6-8-18)10-15-13-9-14(19-3)17-12(2)16-13/h9,11H,4-8,10H2,1-3H3,(H,15,16,17). The third kappa shape index (κ3) is 4.06. The van der Waals surface area contributed by atoms with Gasteiger partial charge in [-0.05, 0) is 39.8 Å². The highest BCUT2D eigenvalue weighted by atomic mass is 16.5. The average molecular weight is 264 g/mol. The first kappa shape index (κ1) is 14.1. The molecule has 1 saturated heterocycles. The fourth-order valence-corrected chi connectivity index (χ4v) is 2.48. The number of nitrogens with zero attached hydrogens (tertiary/aromatic N) is 3. The summed E-state index contributed by atoms with van der Waals surface area (Å²) in [5.41, 5.74) is 0. The second kappa shape index (κ2) is 6.70. The lowest BCUT2D eigenvalue weighted by atomic mass is 10.1. The number of ether oxygens (including phenoxy) is 1. The van der Waals surface area contributed by atoms with Crippen LogP contribution in [-0.4, -0.2) is 47.7 Å². The second-order valence-corrected chi connectivity index (χ2v) is 5.17. The average Bonchev–Trinajstić information content (AvgIpc) is 2.45. The van der Waals surface area contributed by atoms with E-state index in [0.29, 0.717) is 11.9 Å². The number of likely N-dealkylation sites (tertiary alicyclic amines) is 1. The topological polar surface area (TPSA) is 50.3 Å². The lowest BCUT2D eigenvalue weighted by molar-refractivity contribution is 0.180. The van der Waals surface area contributed by atoms with E-state index >= 15 is 0 Å². The zero-order chi connectivity index (χ0) is 13.7. The predicted molar refractivity (Wildman–Crippen MR) is 76.7 cm³/mol. The van der Waals surface area contributed by atoms with Crippen LogP contribution in [0, 0.1) is 6.92 Å². The Balaban J connectivity index is 1.88. The molecule has 5 heteroatoms. The normalized spacial score (nSPS) is 18.1. The van der Waals surface area contributed by atoms with Crippen molar-refractivity contribution in [2.75, 3.05) is 32.1 Å². The van der Waals surface area contributed by atoms with Crippen molar-refractivity contribution in [3.8, 4) is 5.88 Å². The highest BCUT2D eigenvalue weighted by Crippen LogP contribution is 2.15. The van der Waals surface area contributed by atoms with Crippen LogP contribution in [0.15, 0.2) is 6.07 Å². The minimum atomic E-state index is 0.529. The first-order chi connectivity index (χ1) is 9.19. The van der Waals surface area contributed by atoms with Gasteiger partial charge in [0.05, 0.1) is 7.11 Å². The molecule has 0 aliphatic carbocycles. The first-order valence-electron chi connectivity index (χ1n) is 7.06. The molecule has 0 amide bonds. The molecule has 0 saturated carbocycles. The van der Waals surface area contributed by atoms with Gasteiger partial charge < -0.3 is 10.1 Å². The lowest BCUT2D eigenvalue weighted by Crippen LogP contribution is -2.41. The number of rotatable bonds is 5. The molecule has 1 N–H and O–H groups in total. The molecule has 0 spiro atoms. The lowest BCUT2D eigenvalue weighted by Gasteiger charge is -2.32. The Hall–Kier alpha value is -1.36. The van der Waals surface area contributed by atoms with Crippen LogP contribution in [0.3, 0.4) is 0 Å². The zero-order valence-electron chi connectivity index (χ0n) is 12.1. The van der Waals surface area contributed by atoms with E-state index in [0.717, 1.165) is 18.2 Å². The number of nitrogens with one attached hydrogen (secondary N) is 1. The van der Waals surface area contributed by atoms with Crippen LogP contribution in [0.4, 0.5) is 5.82 Å². The molecule has 1 aromatic rings. The fraction of sp³-hybridized carbons (Fsp3) is 0.714. The number of hydrogen-bond donors (Lipinski definition) is 1. The molecule has 1 fully saturated rings. The SMILES string of the molecule is COc1cc(NCC(C)N2CCCCC2)nc(C)n1. The Morgan fingerprint density at radius 3 is 2.74 bits per heavy atom. The zero-order valence-corrected chi connectivity index (χ0v) is 12.1. The summed E-state index contributed by atoms with van der Waals surface area (Å²) < 4.78 is 5.16. The van der Waals surface area contributed by atoms with E-state index in [9.17, 15) is 0 Å². The minimum Gasteiger partial charge on any atom is -0.481 e. The van der Waals surface area contributed by atoms with Crippen molar-refractivity contribution in [2.24, 2.45) is 0 Å². The van der Waals surface area contributed by atoms with Gasteiger partial charge in [-0.1, -0.05) is 6.42 Å². The van der Waals surface area contributed by atoms with Gasteiger partial charge in [0.25, 0.3) is 0 Å². The summed E-state index contributed by atoms with van der Waals surface area (Å²) >= 11 is 0. The predicted octanol–water partition coefficient (Wildman–Crippen LogP) is 2.08. The van der Waals surface area contributed by atoms with E-state index < -0.39 is 0 Å². The molecule has 2 heterocycles. The molecular weight excluding hydrogens is 240 g/mol. The van der Waals surface area contributed by atoms with Crippen LogP contribution in [0.2, 0.25) is 0 Å². The number of anilines is 1. The molecule has 106 valence electrons. The maximum atomic E-state index is 5.16. The quantitative estimate of drug-likeness (QED) is 0.882. The molecule has 2 rings (SSSR count). The highest BCUT2D eigenvalue weighted by Gasteiger charge is 2.16. The van der Waals surface area contributed by atoms with Gasteiger partial charge in [-0.15, -0.1) is 0 Å². The van der Waals surface area contributed by atoms with Crippen LogP contribution in [0.25, 0.3) is 0 Å². The maximum absolute atomic E-state index is 5.16. The van der Waals surface area contributed by atoms with Gasteiger partial charge in [-0.25, -0.2) is 4.98 Å². The summed E-state index contributed by atoms with van der Waals surface area (Å²) in [6.07, 6.45) is 4.02. The van der Waals surface area contributed by atoms with Gasteiger partial charge in [0.1, 0.15) is 11.6 Å². The Bertz CT molecular complexity index is 404. The van der Waals surface area contributed by atoms with Crippen molar-refractivity contribution >= 4 is 5.82 Å². The van der Waals surface area contributed by atoms with Gasteiger partial charge in [-0.2, -0.15) is 4.98 Å². The Morgan fingerprint density at radius 2 is 2.05 bits per heavy atom. The van der Waals surface area contributed by atoms with Crippen LogP contribution < -0.4 is 10.1 Å². The number of hydrogen-bond acceptors (Lipinski definition) is 5. The van der Waals surface area contributed by atoms with E-state index in [1.165, 1.54) is 32.4 Å². The van der Waals surface area contributed by atoms with E-state index in [-0.39, 0.29) is 0 Å². The van der Waals surface area contributed by atoms with Crippen LogP contribution in [0.5, 0.6) is 5.88 Å². The Morgan fingerprint density at radius 1 is 1.32 bits per heavy atom. The molecule has 0 radical (unpaired) electrons. The molecule has 1 aliphatic heterocycles. The smallest absolute Gasteiger partial charge is 0.218 e. The molecule has 1 aliphatic rings. The molecule has 19 heavy (non-hydrogen) atoms. The van der Waals surface area contributed by atoms with Crippen molar-refractivity contribution in [3.63, 3.8) is 0 Å². The van der Waals surface area contributed by atoms with E-state index in [1.54, 1.807) is 7.11 Å². The van der Waals surface area contributed by atoms with Crippen LogP contribution in [-0.2, 0) is 0 Å². The summed E-state index contributed by atoms with van der Waals surface area (Å²) in [5.74, 6) is 2.18. The third-order valence-corrected chi connectivity index (χ3v) is 3.62. The Kier molecular flexibility index (Phi) is 4.96. The summed E-state index contributed by atoms with van der Waals surface area (Å²) in [5, 5.41) is 3.38. The third-order valence-electron chi connectivity index (χ3n) is 3.62. The van der Waals surface area contributed by atoms with Crippen molar-refractivity contribution in [1.82, 2.24) is 14.9 Å². The molecule has 1 unspecified atom stereocenters. The van der Waals surface area contributed by atoms with Crippen molar-refractivity contribution in [1.29, 1.82) is 0 Å². The minimum absolute atomic E-state index is 0.529. The largest absolute Gasteiger partial charge is 0.481 e. The van der Waals surface area contributed by atoms with E-state index in [4.69, 9.17) is 4.74 Å². The second-order valence-electron chi connectivity index (χ2n) is 5.17. The summed E-state index contributed by atoms with van der Waals surface area (Å²) in [6, 6.07) is 2.37. The maximum Gasteiger partial charge on any atom is 0.218 e. The van der Waals surface area contributed by atoms with Crippen molar-refractivity contribution < 1.29 is 4.74 Å². The van der Waals surface area contributed by atoms with Gasteiger partial charge >= 0.3 is 0 Å². The summed E-state index contributed by atoms with van der Waals surface area (Å²) in [4.78, 5) is 11.1. The molecule has 5 nitrogen and oxygen atoms in total. The number of aromatic nitrogens is 2. The van der Waals surface area contributed by atoms with Crippen molar-refractivity contribution in [2.45, 2.75) is 39.2 Å². The summed E-state index contributed by atoms with van der Waals surface area (Å²) in [6.45, 7) is 7.48. The van der Waals surface area contributed by atoms with Gasteiger partial charge in [0, 0.05) is 18.7 Å². The molecule has 0 aromatic carbocycles. The summed E-state index contributed by atoms with van der Waals surface area (Å²) in [7, 11) is 1.63.